The van der Waals surface area contributed by atoms with E-state index in [2.05, 4.69) is 31.6 Å². The number of nitrogens with zero attached hydrogens (tertiary/aromatic N) is 2. The van der Waals surface area contributed by atoms with E-state index in [1.54, 1.807) is 5.38 Å². The second kappa shape index (κ2) is 8.30. The van der Waals surface area contributed by atoms with Crippen molar-refractivity contribution in [2.45, 2.75) is 43.3 Å². The van der Waals surface area contributed by atoms with Gasteiger partial charge in [0.05, 0.1) is 22.9 Å². The smallest absolute Gasteiger partial charge is 0.333 e. The van der Waals surface area contributed by atoms with Gasteiger partial charge in [0.2, 0.25) is 0 Å². The monoisotopic (exact) mass is 478 g/mol. The highest BCUT2D eigenvalue weighted by molar-refractivity contribution is 7.84. The predicted octanol–water partition coefficient (Wildman–Crippen LogP) is 1.17. The Morgan fingerprint density at radius 2 is 2.03 bits per heavy atom. The molecule has 3 aromatic rings. The van der Waals surface area contributed by atoms with Crippen LogP contribution >= 0.6 is 11.3 Å². The summed E-state index contributed by atoms with van der Waals surface area (Å²) >= 11 is 1.41. The molecule has 0 spiro atoms. The lowest BCUT2D eigenvalue weighted by Crippen LogP contribution is -2.34. The quantitative estimate of drug-likeness (QED) is 0.408. The summed E-state index contributed by atoms with van der Waals surface area (Å²) in [5.74, 6) is 0.690. The van der Waals surface area contributed by atoms with Crippen LogP contribution in [0.5, 0.6) is 0 Å². The normalized spacial score (nSPS) is 27.7. The Morgan fingerprint density at radius 1 is 1.22 bits per heavy atom. The standard InChI is InChI=1S/C20H22N4O6S2/c21-32(27,28)29-7-14-16(25)17(26)18(30-14)12-8-31-19-15(12)22-9-23-20(19)24-13-6-5-10-3-1-2-4-11(10)13/h1-4,8-9,13-14,16-18,25-26H,5-7H2,(H2,21,27,28)(H,22,23,24). The van der Waals surface area contributed by atoms with Gasteiger partial charge in [-0.1, -0.05) is 24.3 Å². The predicted molar refractivity (Wildman–Crippen MR) is 117 cm³/mol. The highest BCUT2D eigenvalue weighted by atomic mass is 32.2. The molecule has 0 saturated carbocycles. The Bertz CT molecular complexity index is 1250. The van der Waals surface area contributed by atoms with Gasteiger partial charge in [-0.2, -0.15) is 8.42 Å². The first-order chi connectivity index (χ1) is 15.3. The largest absolute Gasteiger partial charge is 0.387 e. The number of aromatic nitrogens is 2. The van der Waals surface area contributed by atoms with Crippen LogP contribution in [0.2, 0.25) is 0 Å². The molecule has 1 aromatic carbocycles. The van der Waals surface area contributed by atoms with Gasteiger partial charge in [-0.15, -0.1) is 11.3 Å². The zero-order valence-electron chi connectivity index (χ0n) is 16.8. The van der Waals surface area contributed by atoms with Crippen LogP contribution in [0, 0.1) is 0 Å². The van der Waals surface area contributed by atoms with Gasteiger partial charge in [-0.3, -0.25) is 4.18 Å². The molecule has 5 unspecified atom stereocenters. The average molecular weight is 479 g/mol. The molecule has 2 aromatic heterocycles. The van der Waals surface area contributed by atoms with E-state index in [4.69, 9.17) is 9.88 Å². The fourth-order valence-electron chi connectivity index (χ4n) is 4.35. The Hall–Kier alpha value is -2.19. The summed E-state index contributed by atoms with van der Waals surface area (Å²) in [6.07, 6.45) is -1.17. The lowest BCUT2D eigenvalue weighted by molar-refractivity contribution is -0.0151. The Kier molecular flexibility index (Phi) is 5.61. The van der Waals surface area contributed by atoms with Crippen molar-refractivity contribution in [1.82, 2.24) is 9.97 Å². The summed E-state index contributed by atoms with van der Waals surface area (Å²) in [6.45, 7) is -0.501. The van der Waals surface area contributed by atoms with Crippen molar-refractivity contribution in [3.8, 4) is 0 Å². The lowest BCUT2D eigenvalue weighted by Gasteiger charge is -2.16. The van der Waals surface area contributed by atoms with Gasteiger partial charge in [0.15, 0.2) is 0 Å². The van der Waals surface area contributed by atoms with Crippen molar-refractivity contribution >= 4 is 37.7 Å². The van der Waals surface area contributed by atoms with Crippen molar-refractivity contribution in [2.24, 2.45) is 5.14 Å². The Balaban J connectivity index is 1.40. The van der Waals surface area contributed by atoms with E-state index in [9.17, 15) is 18.6 Å². The van der Waals surface area contributed by atoms with Crippen molar-refractivity contribution in [1.29, 1.82) is 0 Å². The number of aliphatic hydroxyl groups excluding tert-OH is 2. The van der Waals surface area contributed by atoms with Crippen LogP contribution in [-0.4, -0.2) is 53.5 Å². The molecule has 0 radical (unpaired) electrons. The number of anilines is 1. The maximum atomic E-state index is 11.1. The first-order valence-electron chi connectivity index (χ1n) is 10.1. The molecule has 170 valence electrons. The van der Waals surface area contributed by atoms with Crippen molar-refractivity contribution in [3.05, 3.63) is 52.7 Å². The number of nitrogens with one attached hydrogen (secondary N) is 1. The minimum atomic E-state index is -4.20. The van der Waals surface area contributed by atoms with Crippen LogP contribution in [0.15, 0.2) is 36.0 Å². The third-order valence-electron chi connectivity index (χ3n) is 5.89. The van der Waals surface area contributed by atoms with Crippen LogP contribution in [0.25, 0.3) is 10.2 Å². The summed E-state index contributed by atoms with van der Waals surface area (Å²) in [5.41, 5.74) is 3.77. The number of thiophene rings is 1. The second-order valence-corrected chi connectivity index (χ2v) is 9.98. The summed E-state index contributed by atoms with van der Waals surface area (Å²) in [5, 5.41) is 31.0. The van der Waals surface area contributed by atoms with Gasteiger partial charge in [0.25, 0.3) is 0 Å². The molecule has 10 nitrogen and oxygen atoms in total. The van der Waals surface area contributed by atoms with Gasteiger partial charge < -0.3 is 20.3 Å². The number of ether oxygens (including phenoxy) is 1. The minimum Gasteiger partial charge on any atom is -0.387 e. The average Bonchev–Trinajstić information content (AvgIpc) is 3.44. The Labute approximate surface area is 188 Å². The molecule has 1 fully saturated rings. The van der Waals surface area contributed by atoms with E-state index in [-0.39, 0.29) is 6.04 Å². The molecular formula is C20H22N4O6S2. The van der Waals surface area contributed by atoms with Crippen LogP contribution in [-0.2, 0) is 25.6 Å². The van der Waals surface area contributed by atoms with E-state index in [1.165, 1.54) is 28.8 Å². The SMILES string of the molecule is NS(=O)(=O)OCC1OC(c2csc3c(NC4CCc5ccccc54)ncnc23)C(O)C1O. The van der Waals surface area contributed by atoms with Gasteiger partial charge in [0, 0.05) is 5.56 Å². The van der Waals surface area contributed by atoms with Crippen LogP contribution in [0.1, 0.15) is 35.3 Å². The second-order valence-electron chi connectivity index (χ2n) is 7.88. The fraction of sp³-hybridized carbons (Fsp3) is 0.400. The number of fused-ring (bicyclic) bond motifs is 2. The molecule has 3 heterocycles. The van der Waals surface area contributed by atoms with Crippen LogP contribution in [0.3, 0.4) is 0 Å². The lowest BCUT2D eigenvalue weighted by atomic mass is 10.0. The van der Waals surface area contributed by atoms with Gasteiger partial charge >= 0.3 is 10.3 Å². The third-order valence-corrected chi connectivity index (χ3v) is 7.35. The number of aryl methyl sites for hydroxylation is 1. The molecule has 5 N–H and O–H groups in total. The van der Waals surface area contributed by atoms with E-state index in [0.717, 1.165) is 17.5 Å². The molecule has 1 saturated heterocycles. The van der Waals surface area contributed by atoms with Gasteiger partial charge in [-0.25, -0.2) is 15.1 Å². The molecule has 1 aliphatic heterocycles. The maximum absolute atomic E-state index is 11.1. The molecule has 0 amide bonds. The third kappa shape index (κ3) is 3.99. The highest BCUT2D eigenvalue weighted by Gasteiger charge is 2.45. The van der Waals surface area contributed by atoms with Crippen LogP contribution in [0.4, 0.5) is 5.82 Å². The molecule has 2 aliphatic rings. The van der Waals surface area contributed by atoms with Crippen LogP contribution < -0.4 is 10.5 Å². The summed E-state index contributed by atoms with van der Waals surface area (Å²) in [6, 6.07) is 8.46. The van der Waals surface area contributed by atoms with E-state index >= 15 is 0 Å². The van der Waals surface area contributed by atoms with E-state index in [0.29, 0.717) is 16.9 Å². The number of hydrogen-bond acceptors (Lipinski definition) is 10. The van der Waals surface area contributed by atoms with Gasteiger partial charge in [0.1, 0.15) is 36.6 Å². The van der Waals surface area contributed by atoms with Crippen molar-refractivity contribution in [2.75, 3.05) is 11.9 Å². The zero-order chi connectivity index (χ0) is 22.5. The number of benzene rings is 1. The zero-order valence-corrected chi connectivity index (χ0v) is 18.4. The summed E-state index contributed by atoms with van der Waals surface area (Å²) < 4.78 is 33.2. The molecule has 1 aliphatic carbocycles. The molecule has 32 heavy (non-hydrogen) atoms. The maximum Gasteiger partial charge on any atom is 0.333 e. The fourth-order valence-corrected chi connectivity index (χ4v) is 5.67. The first-order valence-corrected chi connectivity index (χ1v) is 12.4. The number of aliphatic hydroxyl groups is 2. The topological polar surface area (TPSA) is 157 Å². The van der Waals surface area contributed by atoms with E-state index in [1.807, 2.05) is 12.1 Å². The number of nitrogens with two attached hydrogens (primary N) is 1. The molecule has 0 bridgehead atoms. The molecule has 5 atom stereocenters. The minimum absolute atomic E-state index is 0.143. The van der Waals surface area contributed by atoms with Gasteiger partial charge in [-0.05, 0) is 29.3 Å². The molecule has 12 heteroatoms. The summed E-state index contributed by atoms with van der Waals surface area (Å²) in [7, 11) is -4.20. The number of hydrogen-bond donors (Lipinski definition) is 4. The first kappa shape index (κ1) is 21.6. The molecule has 5 rings (SSSR count). The highest BCUT2D eigenvalue weighted by Crippen LogP contribution is 2.42. The summed E-state index contributed by atoms with van der Waals surface area (Å²) in [4.78, 5) is 8.80. The Morgan fingerprint density at radius 3 is 2.84 bits per heavy atom. The molecular weight excluding hydrogens is 456 g/mol. The number of rotatable bonds is 6. The van der Waals surface area contributed by atoms with Crippen molar-refractivity contribution < 1.29 is 27.6 Å². The van der Waals surface area contributed by atoms with E-state index < -0.39 is 41.3 Å². The van der Waals surface area contributed by atoms with Crippen molar-refractivity contribution in [3.63, 3.8) is 0 Å².